The second-order valence-electron chi connectivity index (χ2n) is 9.54. The minimum absolute atomic E-state index is 0.00834. The molecule has 0 heterocycles. The number of para-hydroxylation sites is 1. The SMILES string of the molecule is Cc1ccccc1CN(C(=O)CN(c1ccccc1C)S(=O)(=O)c1ccc(Cl)cc1)[C@@H](C)C(=O)NC(C)C. The van der Waals surface area contributed by atoms with Gasteiger partial charge in [0.1, 0.15) is 12.6 Å². The number of aryl methyl sites for hydroxylation is 2. The number of nitrogens with one attached hydrogen (secondary N) is 1. The first-order valence-electron chi connectivity index (χ1n) is 12.4. The minimum Gasteiger partial charge on any atom is -0.352 e. The number of carbonyl (C=O) groups excluding carboxylic acids is 2. The molecule has 0 saturated carbocycles. The van der Waals surface area contributed by atoms with Gasteiger partial charge in [0.15, 0.2) is 0 Å². The zero-order chi connectivity index (χ0) is 28.0. The molecule has 0 saturated heterocycles. The van der Waals surface area contributed by atoms with Crippen LogP contribution in [0.4, 0.5) is 5.69 Å². The lowest BCUT2D eigenvalue weighted by Gasteiger charge is -2.33. The predicted octanol–water partition coefficient (Wildman–Crippen LogP) is 5.09. The average molecular weight is 556 g/mol. The van der Waals surface area contributed by atoms with Crippen LogP contribution in [0.5, 0.6) is 0 Å². The van der Waals surface area contributed by atoms with Crippen LogP contribution in [0.2, 0.25) is 5.02 Å². The number of benzene rings is 3. The number of anilines is 1. The number of amides is 2. The van der Waals surface area contributed by atoms with E-state index in [1.807, 2.05) is 45.0 Å². The van der Waals surface area contributed by atoms with E-state index >= 15 is 0 Å². The number of carbonyl (C=O) groups is 2. The molecular weight excluding hydrogens is 522 g/mol. The van der Waals surface area contributed by atoms with Gasteiger partial charge in [0.2, 0.25) is 11.8 Å². The van der Waals surface area contributed by atoms with Gasteiger partial charge in [0.25, 0.3) is 10.0 Å². The van der Waals surface area contributed by atoms with E-state index in [1.165, 1.54) is 29.2 Å². The lowest BCUT2D eigenvalue weighted by atomic mass is 10.1. The monoisotopic (exact) mass is 555 g/mol. The van der Waals surface area contributed by atoms with Crippen molar-refractivity contribution < 1.29 is 18.0 Å². The molecule has 3 rings (SSSR count). The Bertz CT molecular complexity index is 1390. The highest BCUT2D eigenvalue weighted by atomic mass is 35.5. The van der Waals surface area contributed by atoms with Crippen molar-refractivity contribution in [2.75, 3.05) is 10.8 Å². The van der Waals surface area contributed by atoms with E-state index in [9.17, 15) is 18.0 Å². The smallest absolute Gasteiger partial charge is 0.264 e. The lowest BCUT2D eigenvalue weighted by Crippen LogP contribution is -2.52. The number of hydrogen-bond acceptors (Lipinski definition) is 4. The van der Waals surface area contributed by atoms with Crippen LogP contribution in [0, 0.1) is 13.8 Å². The summed E-state index contributed by atoms with van der Waals surface area (Å²) >= 11 is 5.99. The van der Waals surface area contributed by atoms with Crippen molar-refractivity contribution in [3.05, 3.63) is 94.5 Å². The molecule has 9 heteroatoms. The molecule has 38 heavy (non-hydrogen) atoms. The Morgan fingerprint density at radius 1 is 0.868 bits per heavy atom. The van der Waals surface area contributed by atoms with E-state index in [4.69, 9.17) is 11.6 Å². The highest BCUT2D eigenvalue weighted by Gasteiger charge is 2.33. The van der Waals surface area contributed by atoms with Gasteiger partial charge in [-0.3, -0.25) is 13.9 Å². The van der Waals surface area contributed by atoms with Crippen molar-refractivity contribution in [2.24, 2.45) is 0 Å². The maximum atomic E-state index is 13.9. The van der Waals surface area contributed by atoms with Crippen molar-refractivity contribution in [1.82, 2.24) is 10.2 Å². The molecule has 0 aromatic heterocycles. The standard InChI is InChI=1S/C29H34ClN3O4S/c1-20(2)31-29(35)23(5)32(18-24-12-8-6-10-21(24)3)28(34)19-33(27-13-9-7-11-22(27)4)38(36,37)26-16-14-25(30)15-17-26/h6-17,20,23H,18-19H2,1-5H3,(H,31,35)/t23-/m0/s1. The van der Waals surface area contributed by atoms with Crippen molar-refractivity contribution >= 4 is 39.1 Å². The van der Waals surface area contributed by atoms with E-state index in [-0.39, 0.29) is 23.4 Å². The van der Waals surface area contributed by atoms with Gasteiger partial charge in [-0.1, -0.05) is 54.1 Å². The van der Waals surface area contributed by atoms with Crippen LogP contribution in [0.1, 0.15) is 37.5 Å². The largest absolute Gasteiger partial charge is 0.352 e. The summed E-state index contributed by atoms with van der Waals surface area (Å²) in [5, 5.41) is 3.26. The third-order valence-corrected chi connectivity index (χ3v) is 8.29. The van der Waals surface area contributed by atoms with Crippen LogP contribution in [-0.2, 0) is 26.2 Å². The summed E-state index contributed by atoms with van der Waals surface area (Å²) < 4.78 is 28.8. The molecular formula is C29H34ClN3O4S. The third-order valence-electron chi connectivity index (χ3n) is 6.26. The van der Waals surface area contributed by atoms with Crippen LogP contribution in [-0.4, -0.2) is 43.8 Å². The maximum Gasteiger partial charge on any atom is 0.264 e. The molecule has 1 N–H and O–H groups in total. The maximum absolute atomic E-state index is 13.9. The number of halogens is 1. The Morgan fingerprint density at radius 3 is 2.03 bits per heavy atom. The number of sulfonamides is 1. The number of nitrogens with zero attached hydrogens (tertiary/aromatic N) is 2. The fourth-order valence-corrected chi connectivity index (χ4v) is 5.65. The first kappa shape index (κ1) is 29.2. The Labute approximate surface area is 230 Å². The van der Waals surface area contributed by atoms with E-state index in [0.29, 0.717) is 16.3 Å². The number of hydrogen-bond donors (Lipinski definition) is 1. The fourth-order valence-electron chi connectivity index (χ4n) is 4.05. The van der Waals surface area contributed by atoms with Gasteiger partial charge in [-0.15, -0.1) is 0 Å². The summed E-state index contributed by atoms with van der Waals surface area (Å²) in [5.41, 5.74) is 2.90. The Kier molecular flexibility index (Phi) is 9.57. The molecule has 0 bridgehead atoms. The molecule has 0 fully saturated rings. The van der Waals surface area contributed by atoms with Gasteiger partial charge in [0.05, 0.1) is 10.6 Å². The first-order valence-corrected chi connectivity index (χ1v) is 14.2. The number of rotatable bonds is 10. The molecule has 202 valence electrons. The van der Waals surface area contributed by atoms with E-state index in [0.717, 1.165) is 15.4 Å². The van der Waals surface area contributed by atoms with Crippen molar-refractivity contribution in [2.45, 2.75) is 58.1 Å². The quantitative estimate of drug-likeness (QED) is 0.377. The molecule has 1 atom stereocenters. The van der Waals surface area contributed by atoms with Gasteiger partial charge in [-0.25, -0.2) is 8.42 Å². The molecule has 3 aromatic rings. The third kappa shape index (κ3) is 6.94. The predicted molar refractivity (Wildman–Crippen MR) is 152 cm³/mol. The van der Waals surface area contributed by atoms with Crippen molar-refractivity contribution in [3.8, 4) is 0 Å². The van der Waals surface area contributed by atoms with Crippen LogP contribution in [0.25, 0.3) is 0 Å². The van der Waals surface area contributed by atoms with Crippen LogP contribution >= 0.6 is 11.6 Å². The Hall–Kier alpha value is -3.36. The van der Waals surface area contributed by atoms with Gasteiger partial charge in [-0.05, 0) is 81.6 Å². The second-order valence-corrected chi connectivity index (χ2v) is 11.8. The molecule has 0 aliphatic rings. The molecule has 7 nitrogen and oxygen atoms in total. The molecule has 0 aliphatic heterocycles. The highest BCUT2D eigenvalue weighted by molar-refractivity contribution is 7.92. The van der Waals surface area contributed by atoms with E-state index < -0.39 is 28.5 Å². The van der Waals surface area contributed by atoms with Gasteiger partial charge < -0.3 is 10.2 Å². The zero-order valence-corrected chi connectivity index (χ0v) is 23.9. The summed E-state index contributed by atoms with van der Waals surface area (Å²) in [7, 11) is -4.14. The van der Waals surface area contributed by atoms with Crippen LogP contribution in [0.3, 0.4) is 0 Å². The van der Waals surface area contributed by atoms with Crippen molar-refractivity contribution in [3.63, 3.8) is 0 Å². The van der Waals surface area contributed by atoms with Crippen molar-refractivity contribution in [1.29, 1.82) is 0 Å². The van der Waals surface area contributed by atoms with Crippen LogP contribution in [0.15, 0.2) is 77.7 Å². The fraction of sp³-hybridized carbons (Fsp3) is 0.310. The van der Waals surface area contributed by atoms with E-state index in [1.54, 1.807) is 38.1 Å². The Balaban J connectivity index is 2.06. The summed E-state index contributed by atoms with van der Waals surface area (Å²) in [6.45, 7) is 8.73. The van der Waals surface area contributed by atoms with E-state index in [2.05, 4.69) is 5.32 Å². The summed E-state index contributed by atoms with van der Waals surface area (Å²) in [5.74, 6) is -0.814. The molecule has 3 aromatic carbocycles. The van der Waals surface area contributed by atoms with Gasteiger partial charge in [0, 0.05) is 17.6 Å². The minimum atomic E-state index is -4.14. The summed E-state index contributed by atoms with van der Waals surface area (Å²) in [6, 6.07) is 19.4. The molecule has 0 spiro atoms. The van der Waals surface area contributed by atoms with Crippen LogP contribution < -0.4 is 9.62 Å². The summed E-state index contributed by atoms with van der Waals surface area (Å²) in [6.07, 6.45) is 0. The molecule has 0 unspecified atom stereocenters. The second kappa shape index (κ2) is 12.5. The van der Waals surface area contributed by atoms with Gasteiger partial charge >= 0.3 is 0 Å². The zero-order valence-electron chi connectivity index (χ0n) is 22.3. The molecule has 0 aliphatic carbocycles. The first-order chi connectivity index (χ1) is 17.9. The topological polar surface area (TPSA) is 86.8 Å². The normalized spacial score (nSPS) is 12.2. The summed E-state index contributed by atoms with van der Waals surface area (Å²) in [4.78, 5) is 28.4. The lowest BCUT2D eigenvalue weighted by molar-refractivity contribution is -0.139. The van der Waals surface area contributed by atoms with Gasteiger partial charge in [-0.2, -0.15) is 0 Å². The Morgan fingerprint density at radius 2 is 1.45 bits per heavy atom. The highest BCUT2D eigenvalue weighted by Crippen LogP contribution is 2.28. The molecule has 0 radical (unpaired) electrons. The average Bonchev–Trinajstić information content (AvgIpc) is 2.86. The molecule has 2 amide bonds.